The zero-order valence-corrected chi connectivity index (χ0v) is 37.2. The van der Waals surface area contributed by atoms with E-state index in [-0.39, 0.29) is 47.9 Å². The minimum absolute atomic E-state index is 0. The molecular weight excluding hydrogens is 843 g/mol. The van der Waals surface area contributed by atoms with Gasteiger partial charge in [-0.2, -0.15) is 0 Å². The average molecular weight is 903 g/mol. The normalized spacial score (nSPS) is 12.7. The Labute approximate surface area is 337 Å². The molecule has 0 amide bonds. The maximum absolute atomic E-state index is 12.2. The molecule has 6 aromatic rings. The van der Waals surface area contributed by atoms with Crippen molar-refractivity contribution in [2.75, 3.05) is 0 Å². The molecule has 0 spiro atoms. The Morgan fingerprint density at radius 3 is 2.02 bits per heavy atom. The van der Waals surface area contributed by atoms with Crippen LogP contribution in [0.3, 0.4) is 0 Å². The van der Waals surface area contributed by atoms with Gasteiger partial charge in [-0.15, -0.1) is 29.1 Å². The number of nitrogens with zero attached hydrogens (tertiary/aromatic N) is 1. The molecule has 0 bridgehead atoms. The molecule has 0 unspecified atom stereocenters. The number of carbonyl (C=O) groups excluding carboxylic acids is 1. The van der Waals surface area contributed by atoms with Gasteiger partial charge in [-0.25, -0.2) is 0 Å². The van der Waals surface area contributed by atoms with Gasteiger partial charge in [-0.1, -0.05) is 130 Å². The van der Waals surface area contributed by atoms with Crippen molar-refractivity contribution in [1.82, 2.24) is 4.98 Å². The molecule has 0 fully saturated rings. The van der Waals surface area contributed by atoms with Crippen molar-refractivity contribution in [1.29, 1.82) is 0 Å². The number of rotatable bonds is 9. The molecule has 4 aromatic carbocycles. The molecule has 1 N–H and O–H groups in total. The Bertz CT molecular complexity index is 2330. The standard InChI is InChI=1S/C34H32NO.C15H28O2.Ir/c1-19(2)24-13-10-14-26-30-31(23-17-22-11-8-9-12-25(22)27(18-23)34(5,6)7)35-28-16-20(3)15-21(4)29(28)33(30)36-32(24)26;1-7-14(5,8-2)12(16)11-13(17)15(6,9-3)10-4;/h8-16,18-19H,1-7H3;11,16H,7-10H2,1-6H3;/q-1;;/b;12-11-;. The Morgan fingerprint density at radius 1 is 0.815 bits per heavy atom. The van der Waals surface area contributed by atoms with E-state index in [1.807, 2.05) is 41.5 Å². The van der Waals surface area contributed by atoms with Gasteiger partial charge < -0.3 is 9.52 Å². The van der Waals surface area contributed by atoms with Gasteiger partial charge >= 0.3 is 0 Å². The Kier molecular flexibility index (Phi) is 13.1. The number of aryl methyl sites for hydroxylation is 2. The summed E-state index contributed by atoms with van der Waals surface area (Å²) in [4.78, 5) is 17.5. The zero-order chi connectivity index (χ0) is 39.0. The second kappa shape index (κ2) is 16.5. The molecule has 0 saturated heterocycles. The number of fused-ring (bicyclic) bond motifs is 6. The Morgan fingerprint density at radius 2 is 1.43 bits per heavy atom. The minimum atomic E-state index is -0.337. The first-order valence-electron chi connectivity index (χ1n) is 19.6. The van der Waals surface area contributed by atoms with Gasteiger partial charge in [0.1, 0.15) is 16.9 Å². The van der Waals surface area contributed by atoms with E-state index in [4.69, 9.17) is 9.40 Å². The molecule has 0 aliphatic rings. The molecule has 4 nitrogen and oxygen atoms in total. The number of ketones is 1. The Hall–Kier alpha value is -3.79. The smallest absolute Gasteiger partial charge is 0.164 e. The monoisotopic (exact) mass is 903 g/mol. The van der Waals surface area contributed by atoms with Crippen molar-refractivity contribution in [2.24, 2.45) is 10.8 Å². The van der Waals surface area contributed by atoms with Gasteiger partial charge in [-0.05, 0) is 73.6 Å². The van der Waals surface area contributed by atoms with E-state index in [0.717, 1.165) is 75.2 Å². The maximum Gasteiger partial charge on any atom is 0.164 e. The van der Waals surface area contributed by atoms with Crippen LogP contribution in [0.4, 0.5) is 0 Å². The number of hydrogen-bond acceptors (Lipinski definition) is 4. The summed E-state index contributed by atoms with van der Waals surface area (Å²) in [5.74, 6) is 0.647. The first-order valence-corrected chi connectivity index (χ1v) is 19.6. The van der Waals surface area contributed by atoms with Crippen LogP contribution in [-0.4, -0.2) is 15.9 Å². The van der Waals surface area contributed by atoms with Crippen LogP contribution in [0.15, 0.2) is 76.9 Å². The Balaban J connectivity index is 0.000000309. The predicted octanol–water partition coefficient (Wildman–Crippen LogP) is 14.4. The van der Waals surface area contributed by atoms with E-state index in [1.54, 1.807) is 0 Å². The van der Waals surface area contributed by atoms with E-state index >= 15 is 0 Å². The van der Waals surface area contributed by atoms with Crippen molar-refractivity contribution in [3.8, 4) is 11.3 Å². The number of aliphatic hydroxyl groups excluding tert-OH is 1. The summed E-state index contributed by atoms with van der Waals surface area (Å²) >= 11 is 0. The summed E-state index contributed by atoms with van der Waals surface area (Å²) < 4.78 is 6.77. The first-order chi connectivity index (χ1) is 24.9. The van der Waals surface area contributed by atoms with E-state index in [2.05, 4.69) is 115 Å². The van der Waals surface area contributed by atoms with Crippen molar-refractivity contribution >= 4 is 49.4 Å². The van der Waals surface area contributed by atoms with Crippen LogP contribution in [0.25, 0.3) is 54.9 Å². The molecule has 1 radical (unpaired) electrons. The third-order valence-corrected chi connectivity index (χ3v) is 12.0. The van der Waals surface area contributed by atoms with Gasteiger partial charge in [0.05, 0.1) is 5.52 Å². The third-order valence-electron chi connectivity index (χ3n) is 12.0. The maximum atomic E-state index is 12.2. The number of para-hydroxylation sites is 1. The SMILES string of the molecule is CCC(C)(CC)C(=O)/C=C(\O)C(C)(CC)CC.Cc1cc(C)c2c(c1)nc(-c1[c-]c3ccccc3c(C(C)(C)C)c1)c1c3cccc(C(C)C)c3oc21.[Ir]. The quantitative estimate of drug-likeness (QED) is 0.0892. The third kappa shape index (κ3) is 8.09. The predicted molar refractivity (Wildman–Crippen MR) is 226 cm³/mol. The number of aromatic nitrogens is 1. The fraction of sp³-hybridized carbons (Fsp3) is 0.429. The molecule has 54 heavy (non-hydrogen) atoms. The van der Waals surface area contributed by atoms with E-state index in [1.165, 1.54) is 33.7 Å². The number of benzene rings is 4. The van der Waals surface area contributed by atoms with Crippen LogP contribution in [0, 0.1) is 30.7 Å². The van der Waals surface area contributed by atoms with Crippen LogP contribution in [-0.2, 0) is 30.3 Å². The largest absolute Gasteiger partial charge is 0.512 e. The fourth-order valence-corrected chi connectivity index (χ4v) is 7.37. The number of allylic oxidation sites excluding steroid dienone is 2. The zero-order valence-electron chi connectivity index (χ0n) is 34.8. The molecule has 0 aliphatic carbocycles. The van der Waals surface area contributed by atoms with Crippen LogP contribution in [0.5, 0.6) is 0 Å². The van der Waals surface area contributed by atoms with E-state index in [9.17, 15) is 9.90 Å². The molecule has 0 aliphatic heterocycles. The van der Waals surface area contributed by atoms with Gasteiger partial charge in [0.25, 0.3) is 0 Å². The van der Waals surface area contributed by atoms with Crippen LogP contribution in [0.1, 0.15) is 130 Å². The second-order valence-electron chi connectivity index (χ2n) is 16.9. The van der Waals surface area contributed by atoms with E-state index in [0.29, 0.717) is 5.92 Å². The van der Waals surface area contributed by atoms with Crippen LogP contribution >= 0.6 is 0 Å². The molecule has 0 atom stereocenters. The summed E-state index contributed by atoms with van der Waals surface area (Å²) in [6.07, 6.45) is 4.75. The molecular formula is C49H60IrNO3-. The van der Waals surface area contributed by atoms with Crippen molar-refractivity contribution < 1.29 is 34.4 Å². The summed E-state index contributed by atoms with van der Waals surface area (Å²) in [7, 11) is 0. The van der Waals surface area contributed by atoms with Crippen molar-refractivity contribution in [3.05, 3.63) is 101 Å². The molecule has 0 saturated carbocycles. The number of hydrogen-bond donors (Lipinski definition) is 1. The van der Waals surface area contributed by atoms with E-state index < -0.39 is 0 Å². The second-order valence-corrected chi connectivity index (χ2v) is 16.9. The van der Waals surface area contributed by atoms with Crippen LogP contribution < -0.4 is 0 Å². The summed E-state index contributed by atoms with van der Waals surface area (Å²) in [6, 6.07) is 25.5. The van der Waals surface area contributed by atoms with Crippen molar-refractivity contribution in [3.63, 3.8) is 0 Å². The summed E-state index contributed by atoms with van der Waals surface area (Å²) in [5, 5.41) is 15.8. The van der Waals surface area contributed by atoms with Crippen molar-refractivity contribution in [2.45, 2.75) is 127 Å². The minimum Gasteiger partial charge on any atom is -0.512 e. The van der Waals surface area contributed by atoms with Gasteiger partial charge in [-0.3, -0.25) is 9.78 Å². The molecule has 2 heterocycles. The topological polar surface area (TPSA) is 63.3 Å². The van der Waals surface area contributed by atoms with Gasteiger partial charge in [0.15, 0.2) is 5.78 Å². The molecule has 2 aromatic heterocycles. The van der Waals surface area contributed by atoms with Gasteiger partial charge in [0.2, 0.25) is 0 Å². The first kappa shape index (κ1) is 42.9. The summed E-state index contributed by atoms with van der Waals surface area (Å²) in [6.45, 7) is 27.6. The molecule has 289 valence electrons. The fourth-order valence-electron chi connectivity index (χ4n) is 7.37. The molecule has 5 heteroatoms. The average Bonchev–Trinajstić information content (AvgIpc) is 3.52. The molecule has 6 rings (SSSR count). The summed E-state index contributed by atoms with van der Waals surface area (Å²) in [5.41, 5.74) is 9.13. The number of aliphatic hydroxyl groups is 1. The van der Waals surface area contributed by atoms with Crippen LogP contribution in [0.2, 0.25) is 0 Å². The number of furan rings is 1. The van der Waals surface area contributed by atoms with Gasteiger partial charge in [0, 0.05) is 58.9 Å². The number of pyridine rings is 1. The number of carbonyl (C=O) groups is 1.